The van der Waals surface area contributed by atoms with E-state index in [1.165, 1.54) is 42.6 Å². The minimum Gasteiger partial charge on any atom is -0.319 e. The second-order valence-corrected chi connectivity index (χ2v) is 8.28. The number of imide groups is 1. The number of amides is 3. The number of sulfone groups is 1. The summed E-state index contributed by atoms with van der Waals surface area (Å²) >= 11 is 5.78. The molecule has 1 fully saturated rings. The fourth-order valence-corrected chi connectivity index (χ4v) is 3.32. The molecule has 9 heteroatoms. The van der Waals surface area contributed by atoms with Crippen molar-refractivity contribution in [3.63, 3.8) is 0 Å². The second-order valence-electron chi connectivity index (χ2n) is 5.83. The van der Waals surface area contributed by atoms with Crippen molar-refractivity contribution < 1.29 is 18.0 Å². The fourth-order valence-electron chi connectivity index (χ4n) is 2.58. The first-order chi connectivity index (χ1) is 11.6. The summed E-state index contributed by atoms with van der Waals surface area (Å²) in [4.78, 5) is 30.2. The molecular weight excluding hydrogens is 366 g/mol. The van der Waals surface area contributed by atoms with Gasteiger partial charge in [-0.2, -0.15) is 0 Å². The Bertz CT molecular complexity index is 958. The van der Waals surface area contributed by atoms with Gasteiger partial charge < -0.3 is 5.32 Å². The van der Waals surface area contributed by atoms with Gasteiger partial charge >= 0.3 is 6.03 Å². The van der Waals surface area contributed by atoms with Crippen LogP contribution in [0.4, 0.5) is 10.6 Å². The molecule has 2 heterocycles. The first kappa shape index (κ1) is 17.4. The van der Waals surface area contributed by atoms with Gasteiger partial charge in [0.25, 0.3) is 5.91 Å². The number of aromatic nitrogens is 1. The van der Waals surface area contributed by atoms with Crippen LogP contribution < -0.4 is 10.2 Å². The Morgan fingerprint density at radius 3 is 2.28 bits per heavy atom. The Balaban J connectivity index is 1.98. The minimum absolute atomic E-state index is 0.132. The van der Waals surface area contributed by atoms with Crippen LogP contribution in [0.2, 0.25) is 5.02 Å². The van der Waals surface area contributed by atoms with E-state index >= 15 is 0 Å². The lowest BCUT2D eigenvalue weighted by atomic mass is 9.92. The van der Waals surface area contributed by atoms with Crippen LogP contribution in [0.5, 0.6) is 0 Å². The van der Waals surface area contributed by atoms with Crippen LogP contribution in [-0.4, -0.2) is 31.6 Å². The van der Waals surface area contributed by atoms with E-state index in [4.69, 9.17) is 11.6 Å². The van der Waals surface area contributed by atoms with Gasteiger partial charge in [0, 0.05) is 12.5 Å². The Labute approximate surface area is 149 Å². The summed E-state index contributed by atoms with van der Waals surface area (Å²) in [7, 11) is -3.35. The van der Waals surface area contributed by atoms with Gasteiger partial charge in [-0.05, 0) is 36.8 Å². The normalized spacial score (nSPS) is 20.7. The zero-order valence-corrected chi connectivity index (χ0v) is 14.9. The number of nitrogens with one attached hydrogen (secondary N) is 1. The third-order valence-electron chi connectivity index (χ3n) is 3.99. The lowest BCUT2D eigenvalue weighted by Crippen LogP contribution is -2.41. The van der Waals surface area contributed by atoms with Gasteiger partial charge in [-0.15, -0.1) is 0 Å². The Morgan fingerprint density at radius 2 is 1.76 bits per heavy atom. The average molecular weight is 380 g/mol. The smallest absolute Gasteiger partial charge is 0.319 e. The van der Waals surface area contributed by atoms with Crippen LogP contribution in [-0.2, 0) is 20.2 Å². The number of anilines is 1. The Kier molecular flexibility index (Phi) is 4.04. The van der Waals surface area contributed by atoms with Crippen LogP contribution in [0.3, 0.4) is 0 Å². The SMILES string of the molecule is C[C@@]1(c2ccc(S(C)(=O)=O)cc2)NC(=O)N(c2ccc(Cl)cn2)C1=O. The van der Waals surface area contributed by atoms with Crippen molar-refractivity contribution in [2.45, 2.75) is 17.4 Å². The van der Waals surface area contributed by atoms with E-state index in [-0.39, 0.29) is 10.7 Å². The number of carbonyl (C=O) groups excluding carboxylic acids is 2. The van der Waals surface area contributed by atoms with Crippen molar-refractivity contribution in [2.75, 3.05) is 11.2 Å². The summed E-state index contributed by atoms with van der Waals surface area (Å²) < 4.78 is 23.1. The average Bonchev–Trinajstić information content (AvgIpc) is 2.78. The van der Waals surface area contributed by atoms with Crippen LogP contribution in [0.15, 0.2) is 47.5 Å². The highest BCUT2D eigenvalue weighted by Crippen LogP contribution is 2.32. The largest absolute Gasteiger partial charge is 0.331 e. The molecule has 3 rings (SSSR count). The number of hydrogen-bond acceptors (Lipinski definition) is 5. The van der Waals surface area contributed by atoms with Crippen molar-refractivity contribution in [3.05, 3.63) is 53.2 Å². The molecule has 1 saturated heterocycles. The number of pyridine rings is 1. The predicted molar refractivity (Wildman–Crippen MR) is 92.2 cm³/mol. The summed E-state index contributed by atoms with van der Waals surface area (Å²) in [6.45, 7) is 1.55. The maximum absolute atomic E-state index is 12.9. The van der Waals surface area contributed by atoms with Gasteiger partial charge in [-0.3, -0.25) is 4.79 Å². The predicted octanol–water partition coefficient (Wildman–Crippen LogP) is 2.11. The lowest BCUT2D eigenvalue weighted by Gasteiger charge is -2.22. The van der Waals surface area contributed by atoms with Gasteiger partial charge in [0.2, 0.25) is 0 Å². The molecule has 1 aliphatic rings. The number of benzene rings is 1. The van der Waals surface area contributed by atoms with Gasteiger partial charge in [0.15, 0.2) is 9.84 Å². The molecule has 1 aromatic carbocycles. The highest BCUT2D eigenvalue weighted by Gasteiger charge is 2.50. The van der Waals surface area contributed by atoms with E-state index < -0.39 is 27.3 Å². The van der Waals surface area contributed by atoms with Gasteiger partial charge in [-0.1, -0.05) is 23.7 Å². The molecule has 130 valence electrons. The second kappa shape index (κ2) is 5.82. The van der Waals surface area contributed by atoms with Crippen LogP contribution in [0.1, 0.15) is 12.5 Å². The van der Waals surface area contributed by atoms with E-state index in [0.717, 1.165) is 11.2 Å². The molecule has 7 nitrogen and oxygen atoms in total. The molecule has 1 aromatic heterocycles. The van der Waals surface area contributed by atoms with E-state index in [0.29, 0.717) is 10.6 Å². The molecule has 0 unspecified atom stereocenters. The Morgan fingerprint density at radius 1 is 1.12 bits per heavy atom. The number of urea groups is 1. The molecule has 0 bridgehead atoms. The summed E-state index contributed by atoms with van der Waals surface area (Å²) in [6, 6.07) is 8.20. The van der Waals surface area contributed by atoms with Gasteiger partial charge in [-0.25, -0.2) is 23.1 Å². The monoisotopic (exact) mass is 379 g/mol. The molecule has 2 aromatic rings. The summed E-state index contributed by atoms with van der Waals surface area (Å²) in [6.07, 6.45) is 2.44. The van der Waals surface area contributed by atoms with Crippen molar-refractivity contribution in [3.8, 4) is 0 Å². The van der Waals surface area contributed by atoms with Crippen molar-refractivity contribution in [2.24, 2.45) is 0 Å². The maximum atomic E-state index is 12.9. The van der Waals surface area contributed by atoms with Crippen molar-refractivity contribution in [1.82, 2.24) is 10.3 Å². The number of nitrogens with zero attached hydrogens (tertiary/aromatic N) is 2. The first-order valence-electron chi connectivity index (χ1n) is 7.22. The summed E-state index contributed by atoms with van der Waals surface area (Å²) in [5.74, 6) is -0.359. The van der Waals surface area contributed by atoms with Crippen LogP contribution >= 0.6 is 11.6 Å². The molecule has 25 heavy (non-hydrogen) atoms. The highest BCUT2D eigenvalue weighted by atomic mass is 35.5. The number of rotatable bonds is 3. The fraction of sp³-hybridized carbons (Fsp3) is 0.188. The third-order valence-corrected chi connectivity index (χ3v) is 5.34. The molecule has 0 spiro atoms. The highest BCUT2D eigenvalue weighted by molar-refractivity contribution is 7.90. The van der Waals surface area contributed by atoms with Crippen molar-refractivity contribution in [1.29, 1.82) is 0 Å². The van der Waals surface area contributed by atoms with Gasteiger partial charge in [0.05, 0.1) is 9.92 Å². The molecule has 1 aliphatic heterocycles. The molecule has 0 radical (unpaired) electrons. The van der Waals surface area contributed by atoms with Crippen LogP contribution in [0.25, 0.3) is 0 Å². The van der Waals surface area contributed by atoms with E-state index in [9.17, 15) is 18.0 Å². The Hall–Kier alpha value is -2.45. The van der Waals surface area contributed by atoms with Crippen molar-refractivity contribution >= 4 is 39.2 Å². The van der Waals surface area contributed by atoms with Crippen LogP contribution in [0, 0.1) is 0 Å². The zero-order valence-electron chi connectivity index (χ0n) is 13.4. The number of carbonyl (C=O) groups is 2. The molecule has 0 aliphatic carbocycles. The molecule has 1 atom stereocenters. The summed E-state index contributed by atoms with van der Waals surface area (Å²) in [5, 5.41) is 3.02. The van der Waals surface area contributed by atoms with E-state index in [1.807, 2.05) is 0 Å². The quantitative estimate of drug-likeness (QED) is 0.824. The number of hydrogen-bond donors (Lipinski definition) is 1. The zero-order chi connectivity index (χ0) is 18.4. The molecule has 1 N–H and O–H groups in total. The summed E-state index contributed by atoms with van der Waals surface area (Å²) in [5.41, 5.74) is -0.858. The molecular formula is C16H14ClN3O4S. The number of halogens is 1. The lowest BCUT2D eigenvalue weighted by molar-refractivity contribution is -0.121. The molecule has 3 amide bonds. The first-order valence-corrected chi connectivity index (χ1v) is 9.49. The van der Waals surface area contributed by atoms with E-state index in [2.05, 4.69) is 10.3 Å². The van der Waals surface area contributed by atoms with Gasteiger partial charge in [0.1, 0.15) is 11.4 Å². The maximum Gasteiger partial charge on any atom is 0.331 e. The minimum atomic E-state index is -3.35. The standard InChI is InChI=1S/C16H14ClN3O4S/c1-16(10-3-6-12(7-4-10)25(2,23)24)14(21)20(15(22)19-16)13-8-5-11(17)9-18-13/h3-9H,1-2H3,(H,19,22)/t16-/m0/s1. The topological polar surface area (TPSA) is 96.4 Å². The van der Waals surface area contributed by atoms with E-state index in [1.54, 1.807) is 6.92 Å². The molecule has 0 saturated carbocycles. The third kappa shape index (κ3) is 2.98.